The van der Waals surface area contributed by atoms with Gasteiger partial charge in [0, 0.05) is 11.5 Å². The zero-order valence-corrected chi connectivity index (χ0v) is 17.7. The Morgan fingerprint density at radius 1 is 0.786 bits per heavy atom. The van der Waals surface area contributed by atoms with E-state index in [1.807, 2.05) is 62.6 Å². The first-order valence-corrected chi connectivity index (χ1v) is 9.33. The monoisotopic (exact) mass is 393 g/mol. The molecule has 0 aliphatic carbocycles. The van der Waals surface area contributed by atoms with Crippen LogP contribution in [0.1, 0.15) is 39.9 Å². The number of hydrogen-bond acceptors (Lipinski definition) is 2. The molecule has 0 amide bonds. The Labute approximate surface area is 174 Å². The smallest absolute Gasteiger partial charge is 0.183 e. The third-order valence-electron chi connectivity index (χ3n) is 5.53. The number of hydrogen-bond donors (Lipinski definition) is 0. The van der Waals surface area contributed by atoms with Crippen molar-refractivity contribution in [1.29, 1.82) is 0 Å². The van der Waals surface area contributed by atoms with Gasteiger partial charge in [-0.25, -0.2) is 0 Å². The van der Waals surface area contributed by atoms with Crippen molar-refractivity contribution in [2.24, 2.45) is 0 Å². The van der Waals surface area contributed by atoms with Crippen LogP contribution in [0.4, 0.5) is 0 Å². The number of likely N-dealkylation sites (N-methyl/N-ethyl adjacent to an activating group) is 1. The SMILES string of the molecule is Cc1ccc(C(c2ccccc2)C(C)(C(=O)c2ccccc2)N(C)C)cc1.Cl. The number of carbonyl (C=O) groups excluding carboxylic acids is 1. The topological polar surface area (TPSA) is 20.3 Å². The maximum absolute atomic E-state index is 13.7. The van der Waals surface area contributed by atoms with E-state index in [4.69, 9.17) is 0 Å². The number of Topliss-reactive ketones (excluding diaryl/α,β-unsaturated/α-hetero) is 1. The summed E-state index contributed by atoms with van der Waals surface area (Å²) in [5.41, 5.74) is 3.51. The second kappa shape index (κ2) is 9.18. The molecule has 0 aromatic heterocycles. The maximum Gasteiger partial charge on any atom is 0.183 e. The fourth-order valence-electron chi connectivity index (χ4n) is 3.72. The average Bonchev–Trinajstić information content (AvgIpc) is 2.70. The van der Waals surface area contributed by atoms with Gasteiger partial charge in [-0.1, -0.05) is 90.5 Å². The molecule has 0 heterocycles. The highest BCUT2D eigenvalue weighted by atomic mass is 35.5. The Morgan fingerprint density at radius 2 is 1.25 bits per heavy atom. The maximum atomic E-state index is 13.7. The van der Waals surface area contributed by atoms with Crippen LogP contribution in [0.2, 0.25) is 0 Å². The van der Waals surface area contributed by atoms with Crippen LogP contribution in [-0.4, -0.2) is 30.3 Å². The molecule has 146 valence electrons. The van der Waals surface area contributed by atoms with Gasteiger partial charge in [-0.2, -0.15) is 0 Å². The van der Waals surface area contributed by atoms with Gasteiger partial charge in [-0.15, -0.1) is 12.4 Å². The second-order valence-electron chi connectivity index (χ2n) is 7.49. The van der Waals surface area contributed by atoms with E-state index in [1.54, 1.807) is 0 Å². The molecule has 28 heavy (non-hydrogen) atoms. The molecule has 0 radical (unpaired) electrons. The van der Waals surface area contributed by atoms with E-state index in [2.05, 4.69) is 55.1 Å². The first-order chi connectivity index (χ1) is 12.9. The molecule has 0 saturated heterocycles. The Balaban J connectivity index is 0.00000280. The first kappa shape index (κ1) is 21.9. The molecule has 0 spiro atoms. The second-order valence-corrected chi connectivity index (χ2v) is 7.49. The molecule has 0 saturated carbocycles. The van der Waals surface area contributed by atoms with Crippen LogP contribution in [0.5, 0.6) is 0 Å². The lowest BCUT2D eigenvalue weighted by molar-refractivity contribution is 0.0681. The quantitative estimate of drug-likeness (QED) is 0.497. The van der Waals surface area contributed by atoms with Crippen molar-refractivity contribution < 1.29 is 4.79 Å². The van der Waals surface area contributed by atoms with Crippen molar-refractivity contribution in [2.75, 3.05) is 14.1 Å². The Bertz CT molecular complexity index is 891. The molecule has 2 atom stereocenters. The number of nitrogens with zero attached hydrogens (tertiary/aromatic N) is 1. The highest BCUT2D eigenvalue weighted by molar-refractivity contribution is 6.04. The Hall–Kier alpha value is -2.42. The van der Waals surface area contributed by atoms with E-state index in [1.165, 1.54) is 5.56 Å². The van der Waals surface area contributed by atoms with Gasteiger partial charge in [0.2, 0.25) is 0 Å². The van der Waals surface area contributed by atoms with Crippen LogP contribution in [0, 0.1) is 6.92 Å². The van der Waals surface area contributed by atoms with Crippen molar-refractivity contribution >= 4 is 18.2 Å². The van der Waals surface area contributed by atoms with Crippen molar-refractivity contribution in [1.82, 2.24) is 4.90 Å². The van der Waals surface area contributed by atoms with E-state index < -0.39 is 5.54 Å². The van der Waals surface area contributed by atoms with Gasteiger partial charge in [-0.05, 0) is 39.1 Å². The Kier molecular flexibility index (Phi) is 7.17. The van der Waals surface area contributed by atoms with Crippen molar-refractivity contribution in [3.05, 3.63) is 107 Å². The van der Waals surface area contributed by atoms with Gasteiger partial charge >= 0.3 is 0 Å². The van der Waals surface area contributed by atoms with Gasteiger partial charge in [-0.3, -0.25) is 9.69 Å². The fraction of sp³-hybridized carbons (Fsp3) is 0.240. The zero-order chi connectivity index (χ0) is 19.4. The van der Waals surface area contributed by atoms with Gasteiger partial charge in [0.15, 0.2) is 5.78 Å². The lowest BCUT2D eigenvalue weighted by Crippen LogP contribution is -2.53. The minimum atomic E-state index is -0.724. The lowest BCUT2D eigenvalue weighted by atomic mass is 9.71. The van der Waals surface area contributed by atoms with E-state index in [0.29, 0.717) is 0 Å². The molecule has 3 aromatic carbocycles. The van der Waals surface area contributed by atoms with Crippen LogP contribution in [0.15, 0.2) is 84.9 Å². The van der Waals surface area contributed by atoms with Crippen LogP contribution < -0.4 is 0 Å². The van der Waals surface area contributed by atoms with E-state index in [0.717, 1.165) is 16.7 Å². The summed E-state index contributed by atoms with van der Waals surface area (Å²) in [7, 11) is 3.98. The fourth-order valence-corrected chi connectivity index (χ4v) is 3.72. The summed E-state index contributed by atoms with van der Waals surface area (Å²) in [5, 5.41) is 0. The average molecular weight is 394 g/mol. The summed E-state index contributed by atoms with van der Waals surface area (Å²) in [6.45, 7) is 4.14. The van der Waals surface area contributed by atoms with E-state index >= 15 is 0 Å². The van der Waals surface area contributed by atoms with Crippen LogP contribution in [0.3, 0.4) is 0 Å². The lowest BCUT2D eigenvalue weighted by Gasteiger charge is -2.42. The molecule has 2 nitrogen and oxygen atoms in total. The minimum Gasteiger partial charge on any atom is -0.296 e. The normalized spacial score (nSPS) is 14.0. The van der Waals surface area contributed by atoms with Crippen LogP contribution in [-0.2, 0) is 0 Å². The molecule has 0 bridgehead atoms. The predicted molar refractivity (Wildman–Crippen MR) is 120 cm³/mol. The highest BCUT2D eigenvalue weighted by Gasteiger charge is 2.45. The van der Waals surface area contributed by atoms with Gasteiger partial charge in [0.25, 0.3) is 0 Å². The molecule has 0 fully saturated rings. The molecular weight excluding hydrogens is 366 g/mol. The summed E-state index contributed by atoms with van der Waals surface area (Å²) in [5.74, 6) is 0.0459. The van der Waals surface area contributed by atoms with Crippen molar-refractivity contribution in [3.63, 3.8) is 0 Å². The molecule has 3 heteroatoms. The summed E-state index contributed by atoms with van der Waals surface area (Å²) in [6, 6.07) is 28.5. The predicted octanol–water partition coefficient (Wildman–Crippen LogP) is 5.75. The summed E-state index contributed by atoms with van der Waals surface area (Å²) < 4.78 is 0. The summed E-state index contributed by atoms with van der Waals surface area (Å²) in [6.07, 6.45) is 0. The highest BCUT2D eigenvalue weighted by Crippen LogP contribution is 2.40. The van der Waals surface area contributed by atoms with Crippen LogP contribution in [0.25, 0.3) is 0 Å². The van der Waals surface area contributed by atoms with E-state index in [9.17, 15) is 4.79 Å². The number of aryl methyl sites for hydroxylation is 1. The first-order valence-electron chi connectivity index (χ1n) is 9.33. The van der Waals surface area contributed by atoms with Gasteiger partial charge < -0.3 is 0 Å². The molecule has 3 aromatic rings. The molecule has 3 rings (SSSR count). The zero-order valence-electron chi connectivity index (χ0n) is 16.9. The Morgan fingerprint density at radius 3 is 1.75 bits per heavy atom. The number of rotatable bonds is 6. The third-order valence-corrected chi connectivity index (χ3v) is 5.53. The molecule has 2 unspecified atom stereocenters. The van der Waals surface area contributed by atoms with Gasteiger partial charge in [0.05, 0.1) is 5.54 Å². The molecule has 0 aliphatic rings. The standard InChI is InChI=1S/C25H27NO.ClH/c1-19-15-17-21(18-16-19)23(20-11-7-5-8-12-20)25(2,26(3)4)24(27)22-13-9-6-10-14-22;/h5-18,23H,1-4H3;1H. The van der Waals surface area contributed by atoms with Crippen molar-refractivity contribution in [3.8, 4) is 0 Å². The molecule has 0 N–H and O–H groups in total. The van der Waals surface area contributed by atoms with E-state index in [-0.39, 0.29) is 24.1 Å². The largest absolute Gasteiger partial charge is 0.296 e. The van der Waals surface area contributed by atoms with Crippen molar-refractivity contribution in [2.45, 2.75) is 25.3 Å². The third kappa shape index (κ3) is 4.19. The summed E-state index contributed by atoms with van der Waals surface area (Å²) in [4.78, 5) is 15.8. The minimum absolute atomic E-state index is 0. The number of halogens is 1. The number of carbonyl (C=O) groups is 1. The molecule has 0 aliphatic heterocycles. The summed E-state index contributed by atoms with van der Waals surface area (Å²) >= 11 is 0. The molecular formula is C25H28ClNO. The number of benzene rings is 3. The van der Waals surface area contributed by atoms with Gasteiger partial charge in [0.1, 0.15) is 0 Å². The van der Waals surface area contributed by atoms with Crippen LogP contribution >= 0.6 is 12.4 Å². The number of ketones is 1.